The van der Waals surface area contributed by atoms with Crippen molar-refractivity contribution >= 4 is 17.7 Å². The van der Waals surface area contributed by atoms with Crippen LogP contribution < -0.4 is 5.32 Å². The van der Waals surface area contributed by atoms with Gasteiger partial charge in [0.1, 0.15) is 0 Å². The zero-order valence-electron chi connectivity index (χ0n) is 6.41. The van der Waals surface area contributed by atoms with E-state index in [1.807, 2.05) is 0 Å². The zero-order chi connectivity index (χ0) is 8.69. The van der Waals surface area contributed by atoms with E-state index in [9.17, 15) is 4.79 Å². The lowest BCUT2D eigenvalue weighted by Gasteiger charge is -2.04. The summed E-state index contributed by atoms with van der Waals surface area (Å²) in [6.45, 7) is -0.249. The van der Waals surface area contributed by atoms with Gasteiger partial charge in [0.2, 0.25) is 5.91 Å². The zero-order valence-corrected chi connectivity index (χ0v) is 7.23. The Labute approximate surface area is 70.0 Å². The number of aliphatic hydroxyl groups is 2. The van der Waals surface area contributed by atoms with E-state index < -0.39 is 6.10 Å². The SMILES string of the molecule is CNC(=O)CSCC(O)CO. The monoisotopic (exact) mass is 179 g/mol. The van der Waals surface area contributed by atoms with Crippen molar-refractivity contribution in [3.05, 3.63) is 0 Å². The first-order chi connectivity index (χ1) is 5.20. The molecular formula is C6H13NO3S. The standard InChI is InChI=1S/C6H13NO3S/c1-7-6(10)4-11-3-5(9)2-8/h5,8-9H,2-4H2,1H3,(H,7,10). The van der Waals surface area contributed by atoms with Gasteiger partial charge in [0.05, 0.1) is 18.5 Å². The van der Waals surface area contributed by atoms with Gasteiger partial charge in [-0.2, -0.15) is 0 Å². The van der Waals surface area contributed by atoms with E-state index in [1.165, 1.54) is 11.8 Å². The van der Waals surface area contributed by atoms with Crippen LogP contribution in [0, 0.1) is 0 Å². The highest BCUT2D eigenvalue weighted by molar-refractivity contribution is 7.99. The number of hydrogen-bond donors (Lipinski definition) is 3. The van der Waals surface area contributed by atoms with Gasteiger partial charge in [0.15, 0.2) is 0 Å². The molecule has 1 atom stereocenters. The molecule has 0 aromatic carbocycles. The van der Waals surface area contributed by atoms with Crippen LogP contribution in [0.1, 0.15) is 0 Å². The second-order valence-electron chi connectivity index (χ2n) is 2.02. The molecule has 3 N–H and O–H groups in total. The van der Waals surface area contributed by atoms with Crippen molar-refractivity contribution in [2.75, 3.05) is 25.2 Å². The normalized spacial score (nSPS) is 12.6. The fraction of sp³-hybridized carbons (Fsp3) is 0.833. The highest BCUT2D eigenvalue weighted by Crippen LogP contribution is 2.01. The summed E-state index contributed by atoms with van der Waals surface area (Å²) in [4.78, 5) is 10.6. The molecule has 0 radical (unpaired) electrons. The molecule has 0 aliphatic carbocycles. The lowest BCUT2D eigenvalue weighted by Crippen LogP contribution is -2.22. The molecule has 5 heteroatoms. The summed E-state index contributed by atoms with van der Waals surface area (Å²) in [5, 5.41) is 19.7. The summed E-state index contributed by atoms with van der Waals surface area (Å²) in [7, 11) is 1.56. The summed E-state index contributed by atoms with van der Waals surface area (Å²) < 4.78 is 0. The number of nitrogens with one attached hydrogen (secondary N) is 1. The van der Waals surface area contributed by atoms with E-state index in [1.54, 1.807) is 7.05 Å². The molecule has 0 bridgehead atoms. The first kappa shape index (κ1) is 10.7. The van der Waals surface area contributed by atoms with Crippen molar-refractivity contribution < 1.29 is 15.0 Å². The highest BCUT2D eigenvalue weighted by Gasteiger charge is 2.03. The number of carbonyl (C=O) groups excluding carboxylic acids is 1. The second-order valence-corrected chi connectivity index (χ2v) is 3.05. The van der Waals surface area contributed by atoms with Crippen molar-refractivity contribution in [3.8, 4) is 0 Å². The molecule has 0 aliphatic rings. The molecule has 1 amide bonds. The molecule has 0 aromatic heterocycles. The molecule has 0 aromatic rings. The van der Waals surface area contributed by atoms with Gasteiger partial charge >= 0.3 is 0 Å². The minimum atomic E-state index is -0.718. The number of hydrogen-bond acceptors (Lipinski definition) is 4. The van der Waals surface area contributed by atoms with E-state index >= 15 is 0 Å². The maximum absolute atomic E-state index is 10.6. The summed E-state index contributed by atoms with van der Waals surface area (Å²) >= 11 is 1.30. The number of carbonyl (C=O) groups is 1. The Hall–Kier alpha value is -0.260. The summed E-state index contributed by atoms with van der Waals surface area (Å²) in [5.41, 5.74) is 0. The second kappa shape index (κ2) is 6.45. The van der Waals surface area contributed by atoms with Crippen LogP contribution in [0.5, 0.6) is 0 Å². The van der Waals surface area contributed by atoms with Gasteiger partial charge < -0.3 is 15.5 Å². The van der Waals surface area contributed by atoms with E-state index in [0.717, 1.165) is 0 Å². The van der Waals surface area contributed by atoms with Gasteiger partial charge in [-0.15, -0.1) is 11.8 Å². The lowest BCUT2D eigenvalue weighted by atomic mass is 10.4. The minimum Gasteiger partial charge on any atom is -0.394 e. The third-order valence-corrected chi connectivity index (χ3v) is 2.12. The summed E-state index contributed by atoms with van der Waals surface area (Å²) in [6.07, 6.45) is -0.718. The molecule has 0 fully saturated rings. The molecule has 1 unspecified atom stereocenters. The van der Waals surface area contributed by atoms with Crippen LogP contribution in [0.15, 0.2) is 0 Å². The third kappa shape index (κ3) is 6.15. The van der Waals surface area contributed by atoms with Crippen molar-refractivity contribution in [1.29, 1.82) is 0 Å². The molecule has 0 aliphatic heterocycles. The number of aliphatic hydroxyl groups excluding tert-OH is 2. The third-order valence-electron chi connectivity index (χ3n) is 1.03. The van der Waals surface area contributed by atoms with Crippen LogP contribution in [0.2, 0.25) is 0 Å². The Morgan fingerprint density at radius 3 is 2.82 bits per heavy atom. The maximum atomic E-state index is 10.6. The molecule has 0 heterocycles. The molecule has 11 heavy (non-hydrogen) atoms. The summed E-state index contributed by atoms with van der Waals surface area (Å²) in [6, 6.07) is 0. The maximum Gasteiger partial charge on any atom is 0.229 e. The predicted molar refractivity (Wildman–Crippen MR) is 44.5 cm³/mol. The van der Waals surface area contributed by atoms with Gasteiger partial charge in [-0.3, -0.25) is 4.79 Å². The summed E-state index contributed by atoms with van der Waals surface area (Å²) in [5.74, 6) is 0.650. The Morgan fingerprint density at radius 1 is 1.73 bits per heavy atom. The predicted octanol–water partition coefficient (Wildman–Crippen LogP) is -1.18. The van der Waals surface area contributed by atoms with Crippen LogP contribution in [0.3, 0.4) is 0 Å². The Bertz CT molecular complexity index is 120. The highest BCUT2D eigenvalue weighted by atomic mass is 32.2. The van der Waals surface area contributed by atoms with Crippen molar-refractivity contribution in [2.24, 2.45) is 0 Å². The van der Waals surface area contributed by atoms with Gasteiger partial charge in [-0.05, 0) is 0 Å². The molecular weight excluding hydrogens is 166 g/mol. The Morgan fingerprint density at radius 2 is 2.36 bits per heavy atom. The van der Waals surface area contributed by atoms with Crippen LogP contribution in [0.4, 0.5) is 0 Å². The molecule has 0 saturated carbocycles. The molecule has 0 spiro atoms. The number of amides is 1. The van der Waals surface area contributed by atoms with E-state index in [0.29, 0.717) is 11.5 Å². The first-order valence-electron chi connectivity index (χ1n) is 3.28. The van der Waals surface area contributed by atoms with Crippen LogP contribution >= 0.6 is 11.8 Å². The van der Waals surface area contributed by atoms with Crippen LogP contribution in [-0.2, 0) is 4.79 Å². The fourth-order valence-electron chi connectivity index (χ4n) is 0.413. The molecule has 0 rings (SSSR count). The van der Waals surface area contributed by atoms with Crippen LogP contribution in [-0.4, -0.2) is 47.4 Å². The Kier molecular flexibility index (Phi) is 6.30. The molecule has 4 nitrogen and oxygen atoms in total. The van der Waals surface area contributed by atoms with Gasteiger partial charge in [-0.1, -0.05) is 0 Å². The van der Waals surface area contributed by atoms with E-state index in [4.69, 9.17) is 10.2 Å². The van der Waals surface area contributed by atoms with Gasteiger partial charge in [-0.25, -0.2) is 0 Å². The van der Waals surface area contributed by atoms with Gasteiger partial charge in [0, 0.05) is 12.8 Å². The smallest absolute Gasteiger partial charge is 0.229 e. The lowest BCUT2D eigenvalue weighted by molar-refractivity contribution is -0.118. The first-order valence-corrected chi connectivity index (χ1v) is 4.43. The van der Waals surface area contributed by atoms with Crippen molar-refractivity contribution in [3.63, 3.8) is 0 Å². The number of rotatable bonds is 5. The van der Waals surface area contributed by atoms with E-state index in [-0.39, 0.29) is 12.5 Å². The largest absolute Gasteiger partial charge is 0.394 e. The number of thioether (sulfide) groups is 1. The average Bonchev–Trinajstić information content (AvgIpc) is 2.04. The fourth-order valence-corrected chi connectivity index (χ4v) is 1.24. The Balaban J connectivity index is 3.20. The minimum absolute atomic E-state index is 0.0693. The quantitative estimate of drug-likeness (QED) is 0.497. The van der Waals surface area contributed by atoms with Crippen LogP contribution in [0.25, 0.3) is 0 Å². The average molecular weight is 179 g/mol. The molecule has 66 valence electrons. The van der Waals surface area contributed by atoms with Crippen molar-refractivity contribution in [2.45, 2.75) is 6.10 Å². The van der Waals surface area contributed by atoms with E-state index in [2.05, 4.69) is 5.32 Å². The van der Waals surface area contributed by atoms with Gasteiger partial charge in [0.25, 0.3) is 0 Å². The topological polar surface area (TPSA) is 69.6 Å². The van der Waals surface area contributed by atoms with Crippen molar-refractivity contribution in [1.82, 2.24) is 5.32 Å². The molecule has 0 saturated heterocycles.